The molecule has 0 atom stereocenters. The summed E-state index contributed by atoms with van der Waals surface area (Å²) in [4.78, 5) is 14.8. The summed E-state index contributed by atoms with van der Waals surface area (Å²) in [5.74, 6) is 1.59. The van der Waals surface area contributed by atoms with Crippen molar-refractivity contribution in [2.24, 2.45) is 0 Å². The average Bonchev–Trinajstić information content (AvgIpc) is 0.832. The quantitative estimate of drug-likeness (QED) is 0.0618. The van der Waals surface area contributed by atoms with Crippen molar-refractivity contribution in [3.05, 3.63) is 161 Å². The lowest BCUT2D eigenvalue weighted by atomic mass is 9.90. The van der Waals surface area contributed by atoms with Gasteiger partial charge in [-0.1, -0.05) is 65.7 Å². The van der Waals surface area contributed by atoms with E-state index >= 15 is 0 Å². The highest BCUT2D eigenvalue weighted by Crippen LogP contribution is 2.36. The molecular weight excluding hydrogens is 1390 g/mol. The molecule has 6 aliphatic rings. The van der Waals surface area contributed by atoms with E-state index in [1.165, 1.54) is 36.0 Å². The van der Waals surface area contributed by atoms with Crippen LogP contribution in [0.15, 0.2) is 148 Å². The van der Waals surface area contributed by atoms with Crippen LogP contribution >= 0.6 is 23.2 Å². The van der Waals surface area contributed by atoms with Crippen molar-refractivity contribution < 1.29 is 48.2 Å². The fourth-order valence-corrected chi connectivity index (χ4v) is 19.7. The minimum atomic E-state index is -3.95. The van der Waals surface area contributed by atoms with Gasteiger partial charge >= 0.3 is 0 Å². The highest BCUT2D eigenvalue weighted by molar-refractivity contribution is 7.90. The van der Waals surface area contributed by atoms with Crippen molar-refractivity contribution in [3.8, 4) is 17.2 Å². The van der Waals surface area contributed by atoms with Crippen LogP contribution in [0.25, 0.3) is 0 Å². The van der Waals surface area contributed by atoms with E-state index in [2.05, 4.69) is 93.8 Å². The number of rotatable bonds is 21. The van der Waals surface area contributed by atoms with E-state index < -0.39 is 41.7 Å². The van der Waals surface area contributed by atoms with E-state index in [0.717, 1.165) is 196 Å². The predicted octanol–water partition coefficient (Wildman–Crippen LogP) is 13.5. The maximum Gasteiger partial charge on any atom is 0.243 e. The molecule has 0 amide bonds. The van der Waals surface area contributed by atoms with Gasteiger partial charge in [0.2, 0.25) is 30.1 Å². The first-order valence-electron chi connectivity index (χ1n) is 36.1. The SMILES string of the molecule is CC(C)Oc1ccccc1N1CCN(C2CCC(NS(=O)(=O)c3cc(Cl)ccc3F)CC2)CC1.CC(C)Oc1ccccc1N1CCN(C2CCC(NS(=O)(=O)c3ccc(F)cc3)CC2)CC1.Cc1c(Cl)cccc1S(=O)(=O)NC1CCC(N2CCN(c3ccccc3OC(C)C)CC2)CC1. The van der Waals surface area contributed by atoms with Crippen LogP contribution in [-0.2, 0) is 30.1 Å². The summed E-state index contributed by atoms with van der Waals surface area (Å²) in [7, 11) is -11.1. The van der Waals surface area contributed by atoms with Gasteiger partial charge in [0, 0.05) is 125 Å². The molecule has 12 rings (SSSR count). The molecule has 6 aromatic rings. The molecule has 6 fully saturated rings. The Kier molecular flexibility index (Phi) is 27.5. The summed E-state index contributed by atoms with van der Waals surface area (Å²) in [5.41, 5.74) is 4.07. The monoisotopic (exact) mass is 1490 g/mol. The topological polar surface area (TPSA) is 186 Å². The average molecular weight is 1490 g/mol. The zero-order valence-electron chi connectivity index (χ0n) is 59.5. The van der Waals surface area contributed by atoms with Gasteiger partial charge in [-0.2, -0.15) is 0 Å². The fraction of sp³-hybridized carbons (Fsp3) is 0.526. The third kappa shape index (κ3) is 21.4. The van der Waals surface area contributed by atoms with Crippen LogP contribution in [0, 0.1) is 18.6 Å². The van der Waals surface area contributed by atoms with E-state index in [-0.39, 0.29) is 56.1 Å². The van der Waals surface area contributed by atoms with Crippen molar-refractivity contribution in [3.63, 3.8) is 0 Å². The Hall–Kier alpha value is -5.83. The second kappa shape index (κ2) is 35.8. The molecule has 0 aromatic heterocycles. The molecule has 3 saturated carbocycles. The van der Waals surface area contributed by atoms with Gasteiger partial charge in [-0.3, -0.25) is 14.7 Å². The van der Waals surface area contributed by atoms with Crippen LogP contribution in [-0.4, -0.2) is 173 Å². The van der Waals surface area contributed by atoms with E-state index in [1.54, 1.807) is 25.1 Å². The molecule has 0 bridgehead atoms. The highest BCUT2D eigenvalue weighted by Gasteiger charge is 2.36. The van der Waals surface area contributed by atoms with Gasteiger partial charge < -0.3 is 28.9 Å². The molecule has 0 radical (unpaired) electrons. The van der Waals surface area contributed by atoms with Crippen molar-refractivity contribution in [2.45, 2.75) is 195 Å². The molecular formula is C76H103Cl2F2N9O9S3. The summed E-state index contributed by atoms with van der Waals surface area (Å²) in [6.07, 6.45) is 11.0. The highest BCUT2D eigenvalue weighted by atomic mass is 35.5. The second-order valence-electron chi connectivity index (χ2n) is 28.2. The normalized spacial score (nSPS) is 22.3. The Morgan fingerprint density at radius 1 is 0.396 bits per heavy atom. The van der Waals surface area contributed by atoms with Gasteiger partial charge in [-0.05, 0) is 222 Å². The molecule has 0 unspecified atom stereocenters. The maximum atomic E-state index is 14.1. The van der Waals surface area contributed by atoms with Gasteiger partial charge in [0.25, 0.3) is 0 Å². The van der Waals surface area contributed by atoms with E-state index in [9.17, 15) is 34.0 Å². The third-order valence-electron chi connectivity index (χ3n) is 20.1. The third-order valence-corrected chi connectivity index (χ3v) is 25.4. The van der Waals surface area contributed by atoms with Crippen LogP contribution in [0.3, 0.4) is 0 Å². The number of sulfonamides is 3. The van der Waals surface area contributed by atoms with Gasteiger partial charge in [-0.15, -0.1) is 0 Å². The number of nitrogens with zero attached hydrogens (tertiary/aromatic N) is 6. The van der Waals surface area contributed by atoms with Gasteiger partial charge in [0.15, 0.2) is 0 Å². The van der Waals surface area contributed by atoms with E-state index in [4.69, 9.17) is 37.4 Å². The van der Waals surface area contributed by atoms with E-state index in [1.807, 2.05) is 64.1 Å². The minimum Gasteiger partial charge on any atom is -0.489 e. The first-order valence-corrected chi connectivity index (χ1v) is 41.3. The summed E-state index contributed by atoms with van der Waals surface area (Å²) in [6.45, 7) is 25.7. The first-order chi connectivity index (χ1) is 48.3. The van der Waals surface area contributed by atoms with Crippen molar-refractivity contribution in [2.75, 3.05) is 93.2 Å². The lowest BCUT2D eigenvalue weighted by Crippen LogP contribution is -2.52. The zero-order chi connectivity index (χ0) is 72.0. The molecule has 3 aliphatic heterocycles. The molecule has 101 heavy (non-hydrogen) atoms. The maximum absolute atomic E-state index is 14.1. The zero-order valence-corrected chi connectivity index (χ0v) is 63.4. The molecule has 6 aromatic carbocycles. The molecule has 3 aliphatic carbocycles. The van der Waals surface area contributed by atoms with Crippen molar-refractivity contribution in [1.82, 2.24) is 28.9 Å². The fourth-order valence-electron chi connectivity index (χ4n) is 14.9. The Labute approximate surface area is 609 Å². The Bertz CT molecular complexity index is 3860. The van der Waals surface area contributed by atoms with E-state index in [0.29, 0.717) is 28.7 Å². The predicted molar refractivity (Wildman–Crippen MR) is 401 cm³/mol. The number of piperazine rings is 3. The number of benzene rings is 6. The second-order valence-corrected chi connectivity index (χ2v) is 34.2. The lowest BCUT2D eigenvalue weighted by Gasteiger charge is -2.43. The number of anilines is 3. The number of halogens is 4. The molecule has 552 valence electrons. The summed E-state index contributed by atoms with van der Waals surface area (Å²) >= 11 is 12.0. The van der Waals surface area contributed by atoms with Gasteiger partial charge in [-0.25, -0.2) is 48.2 Å². The van der Waals surface area contributed by atoms with Crippen LogP contribution in [0.2, 0.25) is 10.0 Å². The lowest BCUT2D eigenvalue weighted by molar-refractivity contribution is 0.139. The smallest absolute Gasteiger partial charge is 0.243 e. The summed E-state index contributed by atoms with van der Waals surface area (Å²) in [5, 5.41) is 0.673. The number of nitrogens with one attached hydrogen (secondary N) is 3. The number of para-hydroxylation sites is 6. The van der Waals surface area contributed by atoms with Crippen molar-refractivity contribution >= 4 is 70.3 Å². The summed E-state index contributed by atoms with van der Waals surface area (Å²) < 4.78 is 130. The Balaban J connectivity index is 0.000000163. The molecule has 3 heterocycles. The Morgan fingerprint density at radius 2 is 0.733 bits per heavy atom. The molecule has 25 heteroatoms. The van der Waals surface area contributed by atoms with Crippen molar-refractivity contribution in [1.29, 1.82) is 0 Å². The number of ether oxygens (including phenoxy) is 3. The first kappa shape index (κ1) is 77.8. The molecule has 3 saturated heterocycles. The summed E-state index contributed by atoms with van der Waals surface area (Å²) in [6, 6.07) is 39.5. The van der Waals surface area contributed by atoms with Gasteiger partial charge in [0.05, 0.1) is 45.2 Å². The standard InChI is InChI=1S/C26H36ClN3O3S.C25H33ClFN3O3S.C25H34FN3O3S/c1-19(2)33-25-9-5-4-8-24(25)30-17-15-29(16-18-30)22-13-11-21(12-14-22)28-34(31,32)26-10-6-7-23(27)20(26)3;1-18(2)33-24-6-4-3-5-23(24)30-15-13-29(14-16-30)21-10-8-20(9-11-21)28-34(31,32)25-17-19(26)7-12-22(25)27;1-19(2)32-25-6-4-3-5-24(25)29-17-15-28(16-18-29)22-11-9-21(10-12-22)27-33(30,31)23-13-7-20(26)8-14-23/h4-10,19,21-22,28H,11-18H2,1-3H3;3-7,12,17-18,20-21,28H,8-11,13-16H2,1-2H3;3-8,13-14,19,21-22,27H,9-12,15-18H2,1-2H3. The number of hydrogen-bond donors (Lipinski definition) is 3. The minimum absolute atomic E-state index is 0.0269. The molecule has 0 spiro atoms. The largest absolute Gasteiger partial charge is 0.489 e. The molecule has 18 nitrogen and oxygen atoms in total. The number of hydrogen-bond acceptors (Lipinski definition) is 15. The Morgan fingerprint density at radius 3 is 1.09 bits per heavy atom. The van der Waals surface area contributed by atoms with Gasteiger partial charge in [0.1, 0.15) is 33.8 Å². The molecule has 3 N–H and O–H groups in total. The van der Waals surface area contributed by atoms with Crippen LogP contribution in [0.5, 0.6) is 17.2 Å². The van der Waals surface area contributed by atoms with Crippen LogP contribution < -0.4 is 43.1 Å². The van der Waals surface area contributed by atoms with Crippen LogP contribution in [0.1, 0.15) is 124 Å². The van der Waals surface area contributed by atoms with Crippen LogP contribution in [0.4, 0.5) is 25.8 Å².